The summed E-state index contributed by atoms with van der Waals surface area (Å²) in [5, 5.41) is 113. The van der Waals surface area contributed by atoms with E-state index in [2.05, 4.69) is 5.32 Å². The van der Waals surface area contributed by atoms with Crippen LogP contribution < -0.4 is 5.32 Å². The highest BCUT2D eigenvalue weighted by Crippen LogP contribution is 2.31. The van der Waals surface area contributed by atoms with Crippen LogP contribution in [0.15, 0.2) is 0 Å². The van der Waals surface area contributed by atoms with Gasteiger partial charge < -0.3 is 89.9 Å². The van der Waals surface area contributed by atoms with Gasteiger partial charge in [0.15, 0.2) is 18.9 Å². The minimum atomic E-state index is -1.89. The topological polar surface area (TPSA) is 324 Å². The Morgan fingerprint density at radius 1 is 0.609 bits per heavy atom. The summed E-state index contributed by atoms with van der Waals surface area (Å²) in [5.41, 5.74) is 0. The molecule has 3 rings (SSSR count). The highest BCUT2D eigenvalue weighted by Gasteiger charge is 2.52. The second-order valence-corrected chi connectivity index (χ2v) is 11.2. The molecule has 0 spiro atoms. The van der Waals surface area contributed by atoms with E-state index in [-0.39, 0.29) is 31.9 Å². The first-order valence-electron chi connectivity index (χ1n) is 14.8. The molecule has 3 aliphatic rings. The van der Waals surface area contributed by atoms with Crippen molar-refractivity contribution in [3.63, 3.8) is 0 Å². The second-order valence-electron chi connectivity index (χ2n) is 11.2. The van der Waals surface area contributed by atoms with Crippen molar-refractivity contribution in [2.75, 3.05) is 33.0 Å². The van der Waals surface area contributed by atoms with Gasteiger partial charge >= 0.3 is 5.97 Å². The second kappa shape index (κ2) is 18.2. The number of hydrogen-bond donors (Lipinski definition) is 12. The van der Waals surface area contributed by atoms with Crippen molar-refractivity contribution in [1.29, 1.82) is 0 Å². The van der Waals surface area contributed by atoms with Gasteiger partial charge in [0.2, 0.25) is 5.91 Å². The first-order valence-corrected chi connectivity index (χ1v) is 14.8. The minimum absolute atomic E-state index is 0.0639. The van der Waals surface area contributed by atoms with Gasteiger partial charge in [-0.15, -0.1) is 0 Å². The Bertz CT molecular complexity index is 943. The number of aliphatic hydroxyl groups is 10. The van der Waals surface area contributed by atoms with E-state index in [0.717, 1.165) is 0 Å². The lowest BCUT2D eigenvalue weighted by molar-refractivity contribution is -0.366. The predicted molar refractivity (Wildman–Crippen MR) is 144 cm³/mol. The quantitative estimate of drug-likeness (QED) is 0.0676. The van der Waals surface area contributed by atoms with Gasteiger partial charge in [0.25, 0.3) is 0 Å². The maximum atomic E-state index is 12.0. The third kappa shape index (κ3) is 9.92. The third-order valence-electron chi connectivity index (χ3n) is 7.81. The molecule has 3 heterocycles. The van der Waals surface area contributed by atoms with E-state index < -0.39 is 118 Å². The number of unbranched alkanes of at least 4 members (excludes halogenated alkanes) is 1. The van der Waals surface area contributed by atoms with E-state index in [1.54, 1.807) is 0 Å². The van der Waals surface area contributed by atoms with E-state index in [1.807, 2.05) is 0 Å². The molecule has 20 nitrogen and oxygen atoms in total. The van der Waals surface area contributed by atoms with Crippen LogP contribution in [0.25, 0.3) is 0 Å². The molecule has 268 valence electrons. The molecule has 0 saturated carbocycles. The molecule has 0 unspecified atom stereocenters. The summed E-state index contributed by atoms with van der Waals surface area (Å²) in [6, 6.07) is 0. The zero-order valence-corrected chi connectivity index (χ0v) is 24.7. The highest BCUT2D eigenvalue weighted by molar-refractivity contribution is 5.75. The van der Waals surface area contributed by atoms with E-state index in [1.165, 1.54) is 0 Å². The van der Waals surface area contributed by atoms with E-state index in [0.29, 0.717) is 12.8 Å². The summed E-state index contributed by atoms with van der Waals surface area (Å²) in [6.07, 6.45) is -24.4. The molecular weight excluding hydrogens is 630 g/mol. The monoisotopic (exact) mass is 675 g/mol. The summed E-state index contributed by atoms with van der Waals surface area (Å²) < 4.78 is 32.9. The molecule has 3 aliphatic heterocycles. The lowest BCUT2D eigenvalue weighted by atomic mass is 9.96. The fraction of sp³-hybridized carbons (Fsp3) is 0.923. The fourth-order valence-electron chi connectivity index (χ4n) is 5.08. The molecule has 12 N–H and O–H groups in total. The van der Waals surface area contributed by atoms with Crippen LogP contribution in [-0.2, 0) is 38.0 Å². The van der Waals surface area contributed by atoms with Crippen LogP contribution in [0.1, 0.15) is 25.7 Å². The molecule has 0 aliphatic carbocycles. The largest absolute Gasteiger partial charge is 0.481 e. The summed E-state index contributed by atoms with van der Waals surface area (Å²) in [6.45, 7) is -2.46. The molecule has 0 aromatic heterocycles. The number of carboxylic acids is 1. The Hall–Kier alpha value is -1.70. The van der Waals surface area contributed by atoms with Crippen LogP contribution in [0.5, 0.6) is 0 Å². The molecule has 46 heavy (non-hydrogen) atoms. The molecule has 20 heteroatoms. The van der Waals surface area contributed by atoms with Crippen LogP contribution in [-0.4, -0.2) is 193 Å². The molecule has 3 saturated heterocycles. The van der Waals surface area contributed by atoms with Gasteiger partial charge in [-0.1, -0.05) is 0 Å². The average Bonchev–Trinajstić information content (AvgIpc) is 3.03. The Kier molecular flexibility index (Phi) is 15.3. The number of carboxylic acid groups (broad SMARTS) is 1. The molecule has 1 amide bonds. The summed E-state index contributed by atoms with van der Waals surface area (Å²) in [7, 11) is 0. The molecule has 0 aromatic rings. The normalized spacial score (nSPS) is 41.7. The molecule has 3 fully saturated rings. The van der Waals surface area contributed by atoms with Crippen molar-refractivity contribution in [2.24, 2.45) is 0 Å². The van der Waals surface area contributed by atoms with Crippen LogP contribution >= 0.6 is 0 Å². The molecule has 0 radical (unpaired) electrons. The molecule has 0 aromatic carbocycles. The smallest absolute Gasteiger partial charge is 0.303 e. The van der Waals surface area contributed by atoms with Crippen molar-refractivity contribution < 1.29 is 94.2 Å². The Morgan fingerprint density at radius 3 is 1.72 bits per heavy atom. The first kappa shape index (κ1) is 38.7. The third-order valence-corrected chi connectivity index (χ3v) is 7.81. The Morgan fingerprint density at radius 2 is 1.13 bits per heavy atom. The maximum Gasteiger partial charge on any atom is 0.303 e. The van der Waals surface area contributed by atoms with Crippen molar-refractivity contribution in [3.8, 4) is 0 Å². The lowest BCUT2D eigenvalue weighted by Crippen LogP contribution is -2.65. The zero-order chi connectivity index (χ0) is 34.1. The fourth-order valence-corrected chi connectivity index (χ4v) is 5.08. The van der Waals surface area contributed by atoms with Gasteiger partial charge in [0.1, 0.15) is 73.2 Å². The number of carbonyl (C=O) groups excluding carboxylic acids is 1. The average molecular weight is 676 g/mol. The van der Waals surface area contributed by atoms with Gasteiger partial charge in [-0.05, 0) is 12.8 Å². The van der Waals surface area contributed by atoms with Crippen molar-refractivity contribution in [3.05, 3.63) is 0 Å². The molecule has 0 bridgehead atoms. The van der Waals surface area contributed by atoms with Gasteiger partial charge in [0.05, 0.1) is 26.4 Å². The zero-order valence-electron chi connectivity index (χ0n) is 24.7. The van der Waals surface area contributed by atoms with E-state index in [4.69, 9.17) is 33.5 Å². The van der Waals surface area contributed by atoms with Crippen LogP contribution in [0.3, 0.4) is 0 Å². The first-order chi connectivity index (χ1) is 21.8. The number of nitrogens with one attached hydrogen (secondary N) is 1. The number of ether oxygens (including phenoxy) is 6. The minimum Gasteiger partial charge on any atom is -0.481 e. The van der Waals surface area contributed by atoms with Crippen molar-refractivity contribution in [1.82, 2.24) is 5.32 Å². The Balaban J connectivity index is 1.67. The highest BCUT2D eigenvalue weighted by atomic mass is 16.7. The van der Waals surface area contributed by atoms with Crippen molar-refractivity contribution >= 4 is 11.9 Å². The van der Waals surface area contributed by atoms with Gasteiger partial charge in [-0.3, -0.25) is 9.59 Å². The van der Waals surface area contributed by atoms with Crippen molar-refractivity contribution in [2.45, 2.75) is 118 Å². The molecule has 15 atom stereocenters. The number of carbonyl (C=O) groups is 2. The van der Waals surface area contributed by atoms with E-state index in [9.17, 15) is 60.7 Å². The maximum absolute atomic E-state index is 12.0. The van der Waals surface area contributed by atoms with Crippen LogP contribution in [0.4, 0.5) is 0 Å². The van der Waals surface area contributed by atoms with Gasteiger partial charge in [-0.2, -0.15) is 0 Å². The summed E-state index contributed by atoms with van der Waals surface area (Å²) in [4.78, 5) is 22.6. The molecular formula is C26H45NO19. The van der Waals surface area contributed by atoms with Gasteiger partial charge in [-0.25, -0.2) is 0 Å². The number of aliphatic carboxylic acids is 1. The number of hydrogen-bond acceptors (Lipinski definition) is 18. The number of aliphatic hydroxyl groups excluding tert-OH is 10. The number of rotatable bonds is 16. The van der Waals surface area contributed by atoms with Crippen LogP contribution in [0.2, 0.25) is 0 Å². The number of amides is 1. The SMILES string of the molecule is O=C(O)CCCCC(=O)NCCO[C@@H]1O[C@H](CO[C@H]2O[C@H](CO)[C@@H](O)[C@H](O)[C@@H]2O)[C@@H](O)[C@H](O[C@H]2O[C@H](CO)[C@@H](O)[C@H](O)[C@@H]2O)[C@H]1O. The predicted octanol–water partition coefficient (Wildman–Crippen LogP) is -6.79. The summed E-state index contributed by atoms with van der Waals surface area (Å²) >= 11 is 0. The van der Waals surface area contributed by atoms with Gasteiger partial charge in [0, 0.05) is 19.4 Å². The van der Waals surface area contributed by atoms with Crippen LogP contribution in [0, 0.1) is 0 Å². The standard InChI is InChI=1S/C26H45NO19/c28-7-10-15(33)18(36)20(38)24(43-10)42-9-12-17(35)23(46-26-21(39)19(37)16(34)11(8-29)44-26)22(40)25(45-12)41-6-5-27-13(30)3-1-2-4-14(31)32/h10-12,15-26,28-29,33-40H,1-9H2,(H,27,30)(H,31,32)/t10-,11-,12-,15-,16-,17-,18+,19+,20+,21+,22-,23+,24+,25-,26-/m1/s1. The lowest BCUT2D eigenvalue weighted by Gasteiger charge is -2.46. The van der Waals surface area contributed by atoms with E-state index >= 15 is 0 Å². The summed E-state index contributed by atoms with van der Waals surface area (Å²) in [5.74, 6) is -1.36. The Labute approximate surface area is 262 Å².